The first kappa shape index (κ1) is 58.7. The molecule has 0 N–H and O–H groups in total. The fourth-order valence-electron chi connectivity index (χ4n) is 0. The van der Waals surface area contributed by atoms with Crippen LogP contribution in [-0.4, -0.2) is 119 Å². The fourth-order valence-corrected chi connectivity index (χ4v) is 0. The Morgan fingerprint density at radius 1 is 0.286 bits per heavy atom. The van der Waals surface area contributed by atoms with E-state index in [0.717, 1.165) is 0 Å². The molecule has 0 aromatic carbocycles. The van der Waals surface area contributed by atoms with Crippen LogP contribution in [0.3, 0.4) is 0 Å². The molecule has 0 atom stereocenters. The summed E-state index contributed by atoms with van der Waals surface area (Å²) in [5.41, 5.74) is 0. The molecule has 0 saturated heterocycles. The van der Waals surface area contributed by atoms with Gasteiger partial charge in [0.2, 0.25) is 0 Å². The third-order valence-electron chi connectivity index (χ3n) is 0. The maximum atomic E-state index is 0. The molecule has 0 aliphatic rings. The monoisotopic (exact) mass is 502 g/mol. The third kappa shape index (κ3) is 35.9. The van der Waals surface area contributed by atoms with Crippen molar-refractivity contribution < 1.29 is 32.7 Å². The minimum Gasteiger partial charge on any atom is 0 e. The van der Waals surface area contributed by atoms with Gasteiger partial charge in [-0.2, -0.15) is 0 Å². The second kappa shape index (κ2) is 44.4. The summed E-state index contributed by atoms with van der Waals surface area (Å²) in [6.07, 6.45) is 0. The Kier molecular flexibility index (Phi) is 372. The average Bonchev–Trinajstić information content (AvgIpc) is 0. The van der Waals surface area contributed by atoms with Crippen molar-refractivity contribution in [1.82, 2.24) is 0 Å². The molecule has 0 nitrogen and oxygen atoms in total. The van der Waals surface area contributed by atoms with Crippen LogP contribution in [0.1, 0.15) is 0 Å². The molecule has 0 saturated carbocycles. The van der Waals surface area contributed by atoms with Gasteiger partial charge in [0.25, 0.3) is 0 Å². The number of hydrogen-bond donors (Lipinski definition) is 0. The standard InChI is InChI=1S/6Ga.Y. The molecule has 0 aliphatic heterocycles. The Labute approximate surface area is 148 Å². The largest absolute Gasteiger partial charge is 0 e. The molecule has 21 valence electrons. The molecular formula is Ga6Y. The molecular weight excluding hydrogens is 507 g/mol. The molecule has 0 spiro atoms. The zero-order valence-electron chi connectivity index (χ0n) is 4.04. The molecule has 7 heavy (non-hydrogen) atoms. The summed E-state index contributed by atoms with van der Waals surface area (Å²) < 4.78 is 0. The number of rotatable bonds is 0. The Bertz CT molecular complexity index is 4.14. The van der Waals surface area contributed by atoms with Crippen molar-refractivity contribution in [1.29, 1.82) is 0 Å². The van der Waals surface area contributed by atoms with Gasteiger partial charge in [-0.25, -0.2) is 0 Å². The van der Waals surface area contributed by atoms with Gasteiger partial charge < -0.3 is 0 Å². The van der Waals surface area contributed by atoms with Crippen molar-refractivity contribution in [2.45, 2.75) is 0 Å². The van der Waals surface area contributed by atoms with Crippen molar-refractivity contribution in [3.63, 3.8) is 0 Å². The van der Waals surface area contributed by atoms with E-state index in [2.05, 4.69) is 0 Å². The Morgan fingerprint density at radius 2 is 0.286 bits per heavy atom. The van der Waals surface area contributed by atoms with E-state index in [4.69, 9.17) is 0 Å². The smallest absolute Gasteiger partial charge is 0 e. The molecule has 7 heteroatoms. The van der Waals surface area contributed by atoms with Crippen molar-refractivity contribution in [2.75, 3.05) is 0 Å². The molecule has 0 heterocycles. The van der Waals surface area contributed by atoms with Crippen molar-refractivity contribution in [3.8, 4) is 0 Å². The predicted octanol–water partition coefficient (Wildman–Crippen LogP) is -2.29. The molecule has 19 radical (unpaired) electrons. The first-order valence-corrected chi connectivity index (χ1v) is 0. The third-order valence-corrected chi connectivity index (χ3v) is 0. The maximum absolute atomic E-state index is 0. The van der Waals surface area contributed by atoms with Crippen LogP contribution in [-0.2, 0) is 32.7 Å². The van der Waals surface area contributed by atoms with E-state index < -0.39 is 0 Å². The van der Waals surface area contributed by atoms with Crippen molar-refractivity contribution in [3.05, 3.63) is 0 Å². The quantitative estimate of drug-likeness (QED) is 0.325. The summed E-state index contributed by atoms with van der Waals surface area (Å²) in [5.74, 6) is 0. The van der Waals surface area contributed by atoms with E-state index in [9.17, 15) is 0 Å². The Morgan fingerprint density at radius 3 is 0.286 bits per heavy atom. The SMILES string of the molecule is [Ga].[Ga].[Ga].[Ga].[Ga].[Ga].[Y]. The summed E-state index contributed by atoms with van der Waals surface area (Å²) in [6.45, 7) is 0. The first-order valence-electron chi connectivity index (χ1n) is 0. The van der Waals surface area contributed by atoms with Gasteiger partial charge in [-0.1, -0.05) is 0 Å². The van der Waals surface area contributed by atoms with E-state index in [1.165, 1.54) is 0 Å². The van der Waals surface area contributed by atoms with Gasteiger partial charge in [0, 0.05) is 151 Å². The summed E-state index contributed by atoms with van der Waals surface area (Å²) in [6, 6.07) is 0. The Hall–Kier alpha value is 4.92. The predicted molar refractivity (Wildman–Crippen MR) is 34.5 cm³/mol. The van der Waals surface area contributed by atoms with Gasteiger partial charge in [-0.05, 0) is 0 Å². The van der Waals surface area contributed by atoms with Gasteiger partial charge in [0.15, 0.2) is 0 Å². The fraction of sp³-hybridized carbons (Fsp3) is 0. The van der Waals surface area contributed by atoms with Crippen LogP contribution in [0.25, 0.3) is 0 Å². The molecule has 0 amide bonds. The summed E-state index contributed by atoms with van der Waals surface area (Å²) in [5, 5.41) is 0. The van der Waals surface area contributed by atoms with Crippen molar-refractivity contribution in [2.24, 2.45) is 0 Å². The average molecular weight is 507 g/mol. The summed E-state index contributed by atoms with van der Waals surface area (Å²) >= 11 is 0. The topological polar surface area (TPSA) is 0 Å². The van der Waals surface area contributed by atoms with Crippen LogP contribution in [0.2, 0.25) is 0 Å². The normalized spacial score (nSPS) is 0. The minimum absolute atomic E-state index is 0. The van der Waals surface area contributed by atoms with Crippen LogP contribution in [0.5, 0.6) is 0 Å². The molecule has 0 bridgehead atoms. The number of hydrogen-bond acceptors (Lipinski definition) is 0. The first-order chi connectivity index (χ1) is 0. The molecule has 0 rings (SSSR count). The summed E-state index contributed by atoms with van der Waals surface area (Å²) in [4.78, 5) is 0. The molecule has 0 unspecified atom stereocenters. The molecule has 0 aromatic heterocycles. The van der Waals surface area contributed by atoms with Crippen molar-refractivity contribution >= 4 is 119 Å². The molecule has 0 fully saturated rings. The van der Waals surface area contributed by atoms with E-state index >= 15 is 0 Å². The van der Waals surface area contributed by atoms with Gasteiger partial charge in [-0.3, -0.25) is 0 Å². The van der Waals surface area contributed by atoms with Crippen LogP contribution < -0.4 is 0 Å². The Balaban J connectivity index is 0. The molecule has 0 aliphatic carbocycles. The van der Waals surface area contributed by atoms with E-state index in [-0.39, 0.29) is 151 Å². The van der Waals surface area contributed by atoms with E-state index in [1.807, 2.05) is 0 Å². The van der Waals surface area contributed by atoms with E-state index in [1.54, 1.807) is 0 Å². The zero-order valence-corrected chi connectivity index (χ0v) is 21.4. The minimum atomic E-state index is 0. The van der Waals surface area contributed by atoms with Gasteiger partial charge >= 0.3 is 0 Å². The summed E-state index contributed by atoms with van der Waals surface area (Å²) in [7, 11) is 0. The van der Waals surface area contributed by atoms with Gasteiger partial charge in [0.05, 0.1) is 0 Å². The maximum Gasteiger partial charge on any atom is 0 e. The zero-order chi connectivity index (χ0) is 0. The van der Waals surface area contributed by atoms with Crippen LogP contribution in [0, 0.1) is 0 Å². The second-order valence-electron chi connectivity index (χ2n) is 0. The van der Waals surface area contributed by atoms with Crippen LogP contribution >= 0.6 is 0 Å². The van der Waals surface area contributed by atoms with Gasteiger partial charge in [0.1, 0.15) is 0 Å². The second-order valence-corrected chi connectivity index (χ2v) is 0. The van der Waals surface area contributed by atoms with E-state index in [0.29, 0.717) is 0 Å². The van der Waals surface area contributed by atoms with Gasteiger partial charge in [-0.15, -0.1) is 0 Å². The van der Waals surface area contributed by atoms with Crippen LogP contribution in [0.15, 0.2) is 0 Å². The van der Waals surface area contributed by atoms with Crippen LogP contribution in [0.4, 0.5) is 0 Å². The molecule has 0 aromatic rings.